The van der Waals surface area contributed by atoms with E-state index in [1.165, 1.54) is 23.5 Å². The molecule has 2 fully saturated rings. The van der Waals surface area contributed by atoms with Crippen LogP contribution in [0.3, 0.4) is 0 Å². The zero-order valence-corrected chi connectivity index (χ0v) is 17.1. The molecule has 28 heavy (non-hydrogen) atoms. The van der Waals surface area contributed by atoms with Gasteiger partial charge in [0.25, 0.3) is 5.91 Å². The highest BCUT2D eigenvalue weighted by Crippen LogP contribution is 2.38. The topological polar surface area (TPSA) is 43.9 Å². The Balaban J connectivity index is 1.30. The van der Waals surface area contributed by atoms with Gasteiger partial charge in [0.1, 0.15) is 11.2 Å². The quantitative estimate of drug-likeness (QED) is 0.748. The summed E-state index contributed by atoms with van der Waals surface area (Å²) in [4.78, 5) is 31.7. The first-order valence-corrected chi connectivity index (χ1v) is 11.3. The molecule has 1 aromatic heterocycles. The number of hydrogen-bond donors (Lipinski definition) is 0. The average molecular weight is 420 g/mol. The van der Waals surface area contributed by atoms with E-state index in [-0.39, 0.29) is 23.0 Å². The van der Waals surface area contributed by atoms with E-state index in [1.54, 1.807) is 23.9 Å². The van der Waals surface area contributed by atoms with E-state index in [2.05, 4.69) is 4.90 Å². The van der Waals surface area contributed by atoms with Gasteiger partial charge in [-0.15, -0.1) is 23.1 Å². The number of thioether (sulfide) groups is 1. The van der Waals surface area contributed by atoms with E-state index in [0.717, 1.165) is 30.1 Å². The summed E-state index contributed by atoms with van der Waals surface area (Å²) in [6, 6.07) is 10.2. The number of piperazine rings is 1. The Morgan fingerprint density at radius 3 is 2.50 bits per heavy atom. The fourth-order valence-corrected chi connectivity index (χ4v) is 5.49. The van der Waals surface area contributed by atoms with E-state index in [1.807, 2.05) is 27.3 Å². The van der Waals surface area contributed by atoms with Crippen LogP contribution < -0.4 is 0 Å². The maximum atomic E-state index is 13.2. The van der Waals surface area contributed by atoms with Gasteiger partial charge in [-0.05, 0) is 29.1 Å². The van der Waals surface area contributed by atoms with Gasteiger partial charge in [0.2, 0.25) is 5.91 Å². The third-order valence-electron chi connectivity index (χ3n) is 5.17. The Kier molecular flexibility index (Phi) is 5.99. The van der Waals surface area contributed by atoms with Crippen molar-refractivity contribution in [1.29, 1.82) is 0 Å². The van der Waals surface area contributed by atoms with Gasteiger partial charge in [0.05, 0.1) is 10.6 Å². The van der Waals surface area contributed by atoms with Crippen LogP contribution in [0, 0.1) is 5.82 Å². The number of benzene rings is 1. The van der Waals surface area contributed by atoms with Crippen molar-refractivity contribution in [2.24, 2.45) is 0 Å². The summed E-state index contributed by atoms with van der Waals surface area (Å²) in [7, 11) is 0. The molecule has 0 radical (unpaired) electrons. The lowest BCUT2D eigenvalue weighted by molar-refractivity contribution is -0.128. The van der Waals surface area contributed by atoms with Crippen LogP contribution in [0.5, 0.6) is 0 Å². The Bertz CT molecular complexity index is 820. The molecule has 2 saturated heterocycles. The molecule has 8 heteroatoms. The Morgan fingerprint density at radius 2 is 1.82 bits per heavy atom. The standard InChI is InChI=1S/C20H22FN3O2S2/c21-16-5-3-15(4-6-16)20-24(18(25)14-28-20)12-9-22-7-10-23(11-8-22)19(26)17-2-1-13-27-17/h1-6,13,20H,7-12,14H2/t20-/m1/s1. The minimum atomic E-state index is -0.264. The number of carbonyl (C=O) groups excluding carboxylic acids is 2. The molecule has 3 heterocycles. The van der Waals surface area contributed by atoms with Crippen molar-refractivity contribution in [2.45, 2.75) is 5.37 Å². The minimum Gasteiger partial charge on any atom is -0.335 e. The lowest BCUT2D eigenvalue weighted by atomic mass is 10.2. The molecule has 5 nitrogen and oxygen atoms in total. The number of thiophene rings is 1. The fraction of sp³-hybridized carbons (Fsp3) is 0.400. The van der Waals surface area contributed by atoms with Gasteiger partial charge < -0.3 is 9.80 Å². The van der Waals surface area contributed by atoms with E-state index >= 15 is 0 Å². The Hall–Kier alpha value is -1.90. The van der Waals surface area contributed by atoms with Gasteiger partial charge in [0, 0.05) is 39.3 Å². The maximum absolute atomic E-state index is 13.2. The van der Waals surface area contributed by atoms with E-state index in [4.69, 9.17) is 0 Å². The number of nitrogens with zero attached hydrogens (tertiary/aromatic N) is 3. The van der Waals surface area contributed by atoms with E-state index in [0.29, 0.717) is 25.4 Å². The van der Waals surface area contributed by atoms with Gasteiger partial charge in [-0.3, -0.25) is 14.5 Å². The van der Waals surface area contributed by atoms with Crippen molar-refractivity contribution < 1.29 is 14.0 Å². The predicted molar refractivity (Wildman–Crippen MR) is 110 cm³/mol. The minimum absolute atomic E-state index is 0.0465. The van der Waals surface area contributed by atoms with Gasteiger partial charge >= 0.3 is 0 Å². The molecule has 0 spiro atoms. The number of halogens is 1. The lowest BCUT2D eigenvalue weighted by Crippen LogP contribution is -2.50. The molecule has 2 aliphatic heterocycles. The van der Waals surface area contributed by atoms with E-state index < -0.39 is 0 Å². The van der Waals surface area contributed by atoms with E-state index in [9.17, 15) is 14.0 Å². The molecular formula is C20H22FN3O2S2. The first kappa shape index (κ1) is 19.4. The summed E-state index contributed by atoms with van der Waals surface area (Å²) in [6.07, 6.45) is 0. The molecule has 0 unspecified atom stereocenters. The van der Waals surface area contributed by atoms with Gasteiger partial charge in [-0.25, -0.2) is 4.39 Å². The number of carbonyl (C=O) groups is 2. The van der Waals surface area contributed by atoms with Crippen LogP contribution in [-0.4, -0.2) is 71.5 Å². The van der Waals surface area contributed by atoms with Crippen LogP contribution in [0.4, 0.5) is 4.39 Å². The van der Waals surface area contributed by atoms with Crippen molar-refractivity contribution >= 4 is 34.9 Å². The first-order valence-electron chi connectivity index (χ1n) is 9.33. The van der Waals surface area contributed by atoms with Crippen LogP contribution in [0.25, 0.3) is 0 Å². The zero-order chi connectivity index (χ0) is 19.5. The summed E-state index contributed by atoms with van der Waals surface area (Å²) in [5.74, 6) is 0.438. The molecule has 2 aromatic rings. The summed E-state index contributed by atoms with van der Waals surface area (Å²) in [5, 5.41) is 1.88. The molecule has 4 rings (SSSR count). The molecule has 0 saturated carbocycles. The molecule has 2 aliphatic rings. The molecule has 0 aliphatic carbocycles. The van der Waals surface area contributed by atoms with Gasteiger partial charge in [-0.1, -0.05) is 18.2 Å². The monoisotopic (exact) mass is 419 g/mol. The second-order valence-corrected chi connectivity index (χ2v) is 8.93. The molecule has 148 valence electrons. The molecular weight excluding hydrogens is 397 g/mol. The SMILES string of the molecule is O=C(c1cccs1)N1CCN(CCN2C(=O)CS[C@@H]2c2ccc(F)cc2)CC1. The van der Waals surface area contributed by atoms with Gasteiger partial charge in [-0.2, -0.15) is 0 Å². The first-order chi connectivity index (χ1) is 13.6. The summed E-state index contributed by atoms with van der Waals surface area (Å²) in [5.41, 5.74) is 0.962. The summed E-state index contributed by atoms with van der Waals surface area (Å²) in [6.45, 7) is 4.47. The van der Waals surface area contributed by atoms with Crippen LogP contribution in [0.2, 0.25) is 0 Å². The molecule has 1 atom stereocenters. The smallest absolute Gasteiger partial charge is 0.264 e. The number of amides is 2. The highest BCUT2D eigenvalue weighted by molar-refractivity contribution is 8.00. The fourth-order valence-electron chi connectivity index (χ4n) is 3.58. The summed E-state index contributed by atoms with van der Waals surface area (Å²) < 4.78 is 13.2. The van der Waals surface area contributed by atoms with Crippen LogP contribution in [0.15, 0.2) is 41.8 Å². The zero-order valence-electron chi connectivity index (χ0n) is 15.4. The van der Waals surface area contributed by atoms with Crippen molar-refractivity contribution in [1.82, 2.24) is 14.7 Å². The molecule has 1 aromatic carbocycles. The van der Waals surface area contributed by atoms with Crippen molar-refractivity contribution in [3.63, 3.8) is 0 Å². The third kappa shape index (κ3) is 4.24. The van der Waals surface area contributed by atoms with Crippen molar-refractivity contribution in [3.8, 4) is 0 Å². The second kappa shape index (κ2) is 8.63. The molecule has 0 N–H and O–H groups in total. The number of rotatable bonds is 5. The van der Waals surface area contributed by atoms with Crippen LogP contribution >= 0.6 is 23.1 Å². The molecule has 2 amide bonds. The second-order valence-electron chi connectivity index (χ2n) is 6.91. The summed E-state index contributed by atoms with van der Waals surface area (Å²) >= 11 is 3.07. The highest BCUT2D eigenvalue weighted by atomic mass is 32.2. The van der Waals surface area contributed by atoms with Gasteiger partial charge in [0.15, 0.2) is 0 Å². The van der Waals surface area contributed by atoms with Crippen LogP contribution in [-0.2, 0) is 4.79 Å². The largest absolute Gasteiger partial charge is 0.335 e. The third-order valence-corrected chi connectivity index (χ3v) is 7.29. The normalized spacial score (nSPS) is 20.8. The Morgan fingerprint density at radius 1 is 1.07 bits per heavy atom. The Labute approximate surface area is 172 Å². The van der Waals surface area contributed by atoms with Crippen molar-refractivity contribution in [3.05, 3.63) is 58.0 Å². The lowest BCUT2D eigenvalue weighted by Gasteiger charge is -2.36. The van der Waals surface area contributed by atoms with Crippen molar-refractivity contribution in [2.75, 3.05) is 45.0 Å². The average Bonchev–Trinajstić information content (AvgIpc) is 3.37. The maximum Gasteiger partial charge on any atom is 0.264 e. The number of hydrogen-bond acceptors (Lipinski definition) is 5. The predicted octanol–water partition coefficient (Wildman–Crippen LogP) is 2.92. The highest BCUT2D eigenvalue weighted by Gasteiger charge is 2.33. The van der Waals surface area contributed by atoms with Crippen LogP contribution in [0.1, 0.15) is 20.6 Å². The molecule has 0 bridgehead atoms.